The van der Waals surface area contributed by atoms with Crippen molar-refractivity contribution in [3.63, 3.8) is 0 Å². The second kappa shape index (κ2) is 9.46. The average molecular weight is 308 g/mol. The van der Waals surface area contributed by atoms with Crippen LogP contribution in [0.15, 0.2) is 35.2 Å². The van der Waals surface area contributed by atoms with Crippen molar-refractivity contribution in [3.8, 4) is 0 Å². The number of thioether (sulfide) groups is 1. The zero-order valence-electron chi connectivity index (χ0n) is 13.4. The van der Waals surface area contributed by atoms with Crippen LogP contribution in [0.5, 0.6) is 0 Å². The van der Waals surface area contributed by atoms with Crippen LogP contribution < -0.4 is 5.32 Å². The molecule has 0 aliphatic carbocycles. The van der Waals surface area contributed by atoms with Gasteiger partial charge < -0.3 is 15.1 Å². The predicted molar refractivity (Wildman–Crippen MR) is 93.2 cm³/mol. The van der Waals surface area contributed by atoms with Crippen molar-refractivity contribution in [2.75, 3.05) is 52.6 Å². The normalized spacial score (nSPS) is 18.8. The highest BCUT2D eigenvalue weighted by Gasteiger charge is 2.14. The summed E-state index contributed by atoms with van der Waals surface area (Å²) in [7, 11) is 4.31. The van der Waals surface area contributed by atoms with Crippen molar-refractivity contribution in [2.45, 2.75) is 23.8 Å². The third-order valence-electron chi connectivity index (χ3n) is 4.23. The minimum atomic E-state index is 0.614. The molecule has 1 aliphatic rings. The number of likely N-dealkylation sites (N-methyl/N-ethyl adjacent to an activating group) is 1. The van der Waals surface area contributed by atoms with Crippen LogP contribution in [0.2, 0.25) is 0 Å². The number of rotatable bonds is 8. The topological polar surface area (TPSA) is 18.5 Å². The summed E-state index contributed by atoms with van der Waals surface area (Å²) >= 11 is 1.96. The molecule has 2 rings (SSSR count). The lowest BCUT2D eigenvalue weighted by Gasteiger charge is -2.32. The van der Waals surface area contributed by atoms with E-state index < -0.39 is 0 Å². The first-order valence-corrected chi connectivity index (χ1v) is 9.02. The molecule has 3 nitrogen and oxygen atoms in total. The second-order valence-electron chi connectivity index (χ2n) is 5.90. The number of benzene rings is 1. The maximum atomic E-state index is 3.47. The summed E-state index contributed by atoms with van der Waals surface area (Å²) in [6.45, 7) is 6.17. The molecule has 21 heavy (non-hydrogen) atoms. The highest BCUT2D eigenvalue weighted by molar-refractivity contribution is 7.99. The molecule has 1 heterocycles. The summed E-state index contributed by atoms with van der Waals surface area (Å²) in [5, 5.41) is 3.47. The Morgan fingerprint density at radius 3 is 2.52 bits per heavy atom. The van der Waals surface area contributed by atoms with Gasteiger partial charge in [-0.3, -0.25) is 0 Å². The Morgan fingerprint density at radius 1 is 1.14 bits per heavy atom. The summed E-state index contributed by atoms with van der Waals surface area (Å²) < 4.78 is 0. The van der Waals surface area contributed by atoms with Gasteiger partial charge in [-0.2, -0.15) is 0 Å². The summed E-state index contributed by atoms with van der Waals surface area (Å²) in [6.07, 6.45) is 2.56. The van der Waals surface area contributed by atoms with E-state index in [4.69, 9.17) is 0 Å². The molecule has 1 atom stereocenters. The lowest BCUT2D eigenvalue weighted by Crippen LogP contribution is -2.44. The maximum absolute atomic E-state index is 3.47. The van der Waals surface area contributed by atoms with Crippen LogP contribution in [-0.2, 0) is 0 Å². The van der Waals surface area contributed by atoms with Crippen molar-refractivity contribution in [3.05, 3.63) is 30.3 Å². The largest absolute Gasteiger partial charge is 0.316 e. The number of piperazine rings is 1. The number of nitrogens with zero attached hydrogens (tertiary/aromatic N) is 2. The lowest BCUT2D eigenvalue weighted by atomic mass is 10.1. The van der Waals surface area contributed by atoms with Gasteiger partial charge in [0.05, 0.1) is 0 Å². The van der Waals surface area contributed by atoms with Crippen molar-refractivity contribution in [1.29, 1.82) is 0 Å². The van der Waals surface area contributed by atoms with Gasteiger partial charge in [0.25, 0.3) is 0 Å². The van der Waals surface area contributed by atoms with Crippen LogP contribution in [0.1, 0.15) is 12.8 Å². The first-order valence-electron chi connectivity index (χ1n) is 8.04. The van der Waals surface area contributed by atoms with Crippen molar-refractivity contribution in [1.82, 2.24) is 15.1 Å². The Kier molecular flexibility index (Phi) is 7.58. The molecule has 4 heteroatoms. The van der Waals surface area contributed by atoms with Crippen LogP contribution >= 0.6 is 11.8 Å². The van der Waals surface area contributed by atoms with Crippen LogP contribution in [-0.4, -0.2) is 68.4 Å². The van der Waals surface area contributed by atoms with Gasteiger partial charge in [0, 0.05) is 42.9 Å². The molecular formula is C17H29N3S. The zero-order valence-corrected chi connectivity index (χ0v) is 14.2. The van der Waals surface area contributed by atoms with Crippen LogP contribution in [0.3, 0.4) is 0 Å². The van der Waals surface area contributed by atoms with E-state index in [0.717, 1.165) is 5.75 Å². The van der Waals surface area contributed by atoms with Crippen molar-refractivity contribution < 1.29 is 0 Å². The Labute approximate surface area is 134 Å². The second-order valence-corrected chi connectivity index (χ2v) is 6.99. The van der Waals surface area contributed by atoms with Crippen LogP contribution in [0.25, 0.3) is 0 Å². The maximum Gasteiger partial charge on any atom is 0.0159 e. The Hall–Kier alpha value is -0.550. The van der Waals surface area contributed by atoms with Gasteiger partial charge in [0.2, 0.25) is 0 Å². The average Bonchev–Trinajstić information content (AvgIpc) is 2.53. The highest BCUT2D eigenvalue weighted by atomic mass is 32.2. The smallest absolute Gasteiger partial charge is 0.0159 e. The van der Waals surface area contributed by atoms with Gasteiger partial charge in [-0.25, -0.2) is 0 Å². The van der Waals surface area contributed by atoms with Gasteiger partial charge in [-0.05, 0) is 45.6 Å². The summed E-state index contributed by atoms with van der Waals surface area (Å²) in [5.74, 6) is 1.16. The van der Waals surface area contributed by atoms with E-state index in [2.05, 4.69) is 59.5 Å². The van der Waals surface area contributed by atoms with Crippen LogP contribution in [0, 0.1) is 0 Å². The summed E-state index contributed by atoms with van der Waals surface area (Å²) in [4.78, 5) is 6.40. The SMILES string of the molecule is CN[C@H](CCCN1CCN(C)CC1)CSc1ccccc1. The fourth-order valence-corrected chi connectivity index (χ4v) is 3.73. The molecule has 0 saturated carbocycles. The third-order valence-corrected chi connectivity index (χ3v) is 5.40. The minimum absolute atomic E-state index is 0.614. The standard InChI is InChI=1S/C17H29N3S/c1-18-16(15-21-17-8-4-3-5-9-17)7-6-10-20-13-11-19(2)12-14-20/h3-5,8-9,16,18H,6-7,10-15H2,1-2H3/t16-/m1/s1. The van der Waals surface area contributed by atoms with Crippen molar-refractivity contribution >= 4 is 11.8 Å². The van der Waals surface area contributed by atoms with Gasteiger partial charge in [0.15, 0.2) is 0 Å². The monoisotopic (exact) mass is 307 g/mol. The minimum Gasteiger partial charge on any atom is -0.316 e. The molecule has 118 valence electrons. The van der Waals surface area contributed by atoms with Crippen LogP contribution in [0.4, 0.5) is 0 Å². The fourth-order valence-electron chi connectivity index (χ4n) is 2.66. The quantitative estimate of drug-likeness (QED) is 0.743. The first-order chi connectivity index (χ1) is 10.3. The van der Waals surface area contributed by atoms with E-state index in [1.807, 2.05) is 11.8 Å². The Morgan fingerprint density at radius 2 is 1.86 bits per heavy atom. The van der Waals surface area contributed by atoms with Gasteiger partial charge >= 0.3 is 0 Å². The molecule has 0 spiro atoms. The lowest BCUT2D eigenvalue weighted by molar-refractivity contribution is 0.151. The molecule has 1 aromatic carbocycles. The van der Waals surface area contributed by atoms with E-state index in [1.165, 1.54) is 50.5 Å². The number of nitrogens with one attached hydrogen (secondary N) is 1. The highest BCUT2D eigenvalue weighted by Crippen LogP contribution is 2.19. The fraction of sp³-hybridized carbons (Fsp3) is 0.647. The molecule has 1 N–H and O–H groups in total. The predicted octanol–water partition coefficient (Wildman–Crippen LogP) is 2.39. The molecule has 1 aromatic rings. The van der Waals surface area contributed by atoms with E-state index in [9.17, 15) is 0 Å². The summed E-state index contributed by atoms with van der Waals surface area (Å²) in [5.41, 5.74) is 0. The van der Waals surface area contributed by atoms with Crippen molar-refractivity contribution in [2.24, 2.45) is 0 Å². The van der Waals surface area contributed by atoms with E-state index in [1.54, 1.807) is 0 Å². The Bertz CT molecular complexity index is 377. The first kappa shape index (κ1) is 16.8. The molecular weight excluding hydrogens is 278 g/mol. The van der Waals surface area contributed by atoms with E-state index >= 15 is 0 Å². The molecule has 0 aromatic heterocycles. The van der Waals surface area contributed by atoms with Gasteiger partial charge in [-0.1, -0.05) is 18.2 Å². The van der Waals surface area contributed by atoms with E-state index in [-0.39, 0.29) is 0 Å². The van der Waals surface area contributed by atoms with Gasteiger partial charge in [0.1, 0.15) is 0 Å². The molecule has 0 bridgehead atoms. The zero-order chi connectivity index (χ0) is 14.9. The summed E-state index contributed by atoms with van der Waals surface area (Å²) in [6, 6.07) is 11.3. The number of hydrogen-bond acceptors (Lipinski definition) is 4. The van der Waals surface area contributed by atoms with E-state index in [0.29, 0.717) is 6.04 Å². The number of hydrogen-bond donors (Lipinski definition) is 1. The Balaban J connectivity index is 1.61. The third kappa shape index (κ3) is 6.39. The molecule has 1 fully saturated rings. The van der Waals surface area contributed by atoms with Gasteiger partial charge in [-0.15, -0.1) is 11.8 Å². The molecule has 0 unspecified atom stereocenters. The molecule has 1 saturated heterocycles. The molecule has 1 aliphatic heterocycles. The molecule has 0 radical (unpaired) electrons. The molecule has 0 amide bonds.